The largest absolute Gasteiger partial charge is 0.357 e. The van der Waals surface area contributed by atoms with Gasteiger partial charge < -0.3 is 0 Å². The SMILES string of the molecule is CC(c1ccccc1)n1c(C=Cc2cnn(-c3ccccc3)c2)c([N+](=O)[O-])c(=O)n(C(C)c2ccccc2)c1=O. The smallest absolute Gasteiger partial charge is 0.280 e. The first-order valence-corrected chi connectivity index (χ1v) is 12.8. The molecule has 40 heavy (non-hydrogen) atoms. The highest BCUT2D eigenvalue weighted by Gasteiger charge is 2.31. The third kappa shape index (κ3) is 5.04. The molecule has 0 saturated heterocycles. The first kappa shape index (κ1) is 26.3. The Hall–Kier alpha value is -5.31. The van der Waals surface area contributed by atoms with Crippen LogP contribution in [0.3, 0.4) is 0 Å². The third-order valence-corrected chi connectivity index (χ3v) is 6.91. The lowest BCUT2D eigenvalue weighted by atomic mass is 10.1. The van der Waals surface area contributed by atoms with E-state index < -0.39 is 33.9 Å². The van der Waals surface area contributed by atoms with Crippen LogP contribution in [0.2, 0.25) is 0 Å². The highest BCUT2D eigenvalue weighted by Crippen LogP contribution is 2.25. The highest BCUT2D eigenvalue weighted by atomic mass is 16.6. The van der Waals surface area contributed by atoms with Gasteiger partial charge in [0.15, 0.2) is 0 Å². The molecule has 9 heteroatoms. The second-order valence-electron chi connectivity index (χ2n) is 9.38. The summed E-state index contributed by atoms with van der Waals surface area (Å²) in [5.74, 6) is 0. The molecule has 2 aromatic heterocycles. The summed E-state index contributed by atoms with van der Waals surface area (Å²) in [7, 11) is 0. The number of rotatable bonds is 8. The van der Waals surface area contributed by atoms with Gasteiger partial charge in [0.05, 0.1) is 28.9 Å². The van der Waals surface area contributed by atoms with Gasteiger partial charge in [-0.15, -0.1) is 0 Å². The average molecular weight is 534 g/mol. The van der Waals surface area contributed by atoms with Gasteiger partial charge in [-0.1, -0.05) is 78.9 Å². The van der Waals surface area contributed by atoms with Crippen molar-refractivity contribution < 1.29 is 4.92 Å². The van der Waals surface area contributed by atoms with Gasteiger partial charge >= 0.3 is 16.9 Å². The molecule has 0 spiro atoms. The van der Waals surface area contributed by atoms with Crippen molar-refractivity contribution in [2.75, 3.05) is 0 Å². The van der Waals surface area contributed by atoms with Crippen LogP contribution in [0.15, 0.2) is 113 Å². The zero-order valence-electron chi connectivity index (χ0n) is 22.0. The molecular formula is C31H27N5O4. The molecule has 0 N–H and O–H groups in total. The molecule has 0 bridgehead atoms. The van der Waals surface area contributed by atoms with Crippen LogP contribution in [-0.4, -0.2) is 23.8 Å². The van der Waals surface area contributed by atoms with E-state index in [2.05, 4.69) is 5.10 Å². The number of hydrogen-bond donors (Lipinski definition) is 0. The van der Waals surface area contributed by atoms with Crippen molar-refractivity contribution in [2.24, 2.45) is 0 Å². The van der Waals surface area contributed by atoms with Crippen molar-refractivity contribution in [3.8, 4) is 5.69 Å². The van der Waals surface area contributed by atoms with E-state index in [0.29, 0.717) is 11.1 Å². The summed E-state index contributed by atoms with van der Waals surface area (Å²) in [6.45, 7) is 3.47. The minimum atomic E-state index is -0.956. The molecule has 2 heterocycles. The second-order valence-corrected chi connectivity index (χ2v) is 9.38. The Morgan fingerprint density at radius 2 is 1.30 bits per heavy atom. The predicted octanol–water partition coefficient (Wildman–Crippen LogP) is 5.49. The normalized spacial score (nSPS) is 12.8. The van der Waals surface area contributed by atoms with Crippen LogP contribution in [0.5, 0.6) is 0 Å². The van der Waals surface area contributed by atoms with Crippen LogP contribution < -0.4 is 11.2 Å². The highest BCUT2D eigenvalue weighted by molar-refractivity contribution is 5.72. The van der Waals surface area contributed by atoms with Crippen molar-refractivity contribution in [3.63, 3.8) is 0 Å². The van der Waals surface area contributed by atoms with E-state index in [1.165, 1.54) is 10.6 Å². The molecule has 3 aromatic carbocycles. The van der Waals surface area contributed by atoms with Crippen molar-refractivity contribution >= 4 is 17.8 Å². The zero-order chi connectivity index (χ0) is 28.2. The van der Waals surface area contributed by atoms with E-state index in [9.17, 15) is 19.7 Å². The third-order valence-electron chi connectivity index (χ3n) is 6.91. The molecule has 0 radical (unpaired) electrons. The van der Waals surface area contributed by atoms with Gasteiger partial charge in [0.25, 0.3) is 0 Å². The zero-order valence-corrected chi connectivity index (χ0v) is 22.0. The average Bonchev–Trinajstić information content (AvgIpc) is 3.46. The topological polar surface area (TPSA) is 105 Å². The lowest BCUT2D eigenvalue weighted by Crippen LogP contribution is -2.44. The van der Waals surface area contributed by atoms with E-state index in [1.807, 2.05) is 66.7 Å². The van der Waals surface area contributed by atoms with Crippen LogP contribution in [0.4, 0.5) is 5.69 Å². The van der Waals surface area contributed by atoms with Gasteiger partial charge in [-0.2, -0.15) is 5.10 Å². The lowest BCUT2D eigenvalue weighted by molar-refractivity contribution is -0.387. The van der Waals surface area contributed by atoms with Crippen molar-refractivity contribution in [1.82, 2.24) is 18.9 Å². The second kappa shape index (κ2) is 11.2. The molecule has 0 aliphatic heterocycles. The lowest BCUT2D eigenvalue weighted by Gasteiger charge is -2.22. The maximum absolute atomic E-state index is 14.1. The van der Waals surface area contributed by atoms with Gasteiger partial charge in [0.1, 0.15) is 5.69 Å². The van der Waals surface area contributed by atoms with E-state index in [4.69, 9.17) is 0 Å². The number of nitrogens with zero attached hydrogens (tertiary/aromatic N) is 5. The summed E-state index contributed by atoms with van der Waals surface area (Å²) < 4.78 is 3.97. The molecule has 9 nitrogen and oxygen atoms in total. The van der Waals surface area contributed by atoms with Crippen molar-refractivity contribution in [1.29, 1.82) is 0 Å². The predicted molar refractivity (Wildman–Crippen MR) is 155 cm³/mol. The summed E-state index contributed by atoms with van der Waals surface area (Å²) in [6.07, 6.45) is 6.44. The summed E-state index contributed by atoms with van der Waals surface area (Å²) in [5, 5.41) is 16.8. The minimum Gasteiger partial charge on any atom is -0.280 e. The standard InChI is InChI=1S/C31H27N5O4/c1-22(25-12-6-3-7-13-25)34-28(19-18-24-20-32-33(21-24)27-16-10-5-11-17-27)29(36(39)40)30(37)35(31(34)38)23(2)26-14-8-4-9-15-26/h3-23H,1-2H3. The van der Waals surface area contributed by atoms with E-state index in [-0.39, 0.29) is 5.69 Å². The molecule has 5 rings (SSSR count). The number of para-hydroxylation sites is 1. The maximum Gasteiger partial charge on any atom is 0.357 e. The Morgan fingerprint density at radius 3 is 1.85 bits per heavy atom. The first-order chi connectivity index (χ1) is 19.4. The fraction of sp³-hybridized carbons (Fsp3) is 0.129. The Balaban J connectivity index is 1.72. The summed E-state index contributed by atoms with van der Waals surface area (Å²) in [5.41, 5.74) is 0.601. The quantitative estimate of drug-likeness (QED) is 0.194. The Kier molecular flexibility index (Phi) is 7.37. The molecule has 0 aliphatic rings. The summed E-state index contributed by atoms with van der Waals surface area (Å²) in [4.78, 5) is 39.4. The van der Waals surface area contributed by atoms with E-state index in [1.54, 1.807) is 61.3 Å². The first-order valence-electron chi connectivity index (χ1n) is 12.8. The Labute approximate surface area is 230 Å². The number of benzene rings is 3. The monoisotopic (exact) mass is 533 g/mol. The summed E-state index contributed by atoms with van der Waals surface area (Å²) in [6, 6.07) is 26.4. The molecule has 2 atom stereocenters. The van der Waals surface area contributed by atoms with Crippen LogP contribution in [-0.2, 0) is 0 Å². The van der Waals surface area contributed by atoms with Crippen LogP contribution in [0.25, 0.3) is 17.8 Å². The fourth-order valence-corrected chi connectivity index (χ4v) is 4.77. The van der Waals surface area contributed by atoms with Crippen molar-refractivity contribution in [2.45, 2.75) is 25.9 Å². The molecule has 5 aromatic rings. The maximum atomic E-state index is 14.1. The number of nitro groups is 1. The fourth-order valence-electron chi connectivity index (χ4n) is 4.77. The molecule has 0 amide bonds. The van der Waals surface area contributed by atoms with Crippen LogP contribution in [0, 0.1) is 10.1 Å². The Bertz CT molecular complexity index is 1790. The number of aromatic nitrogens is 4. The molecule has 2 unspecified atom stereocenters. The molecule has 0 saturated carbocycles. The molecule has 0 fully saturated rings. The Morgan fingerprint density at radius 1 is 0.775 bits per heavy atom. The van der Waals surface area contributed by atoms with Gasteiger partial charge in [0, 0.05) is 11.8 Å². The van der Waals surface area contributed by atoms with E-state index >= 15 is 0 Å². The van der Waals surface area contributed by atoms with Gasteiger partial charge in [-0.25, -0.2) is 14.0 Å². The van der Waals surface area contributed by atoms with Crippen LogP contribution >= 0.6 is 0 Å². The summed E-state index contributed by atoms with van der Waals surface area (Å²) >= 11 is 0. The van der Waals surface area contributed by atoms with Crippen molar-refractivity contribution in [3.05, 3.63) is 157 Å². The van der Waals surface area contributed by atoms with Gasteiger partial charge in [-0.3, -0.25) is 19.5 Å². The molecular weight excluding hydrogens is 506 g/mol. The van der Waals surface area contributed by atoms with Crippen LogP contribution in [0.1, 0.15) is 48.3 Å². The molecule has 200 valence electrons. The van der Waals surface area contributed by atoms with Gasteiger partial charge in [-0.05, 0) is 49.3 Å². The number of hydrogen-bond acceptors (Lipinski definition) is 5. The molecule has 0 aliphatic carbocycles. The van der Waals surface area contributed by atoms with E-state index in [0.717, 1.165) is 15.8 Å². The minimum absolute atomic E-state index is 0.0830. The van der Waals surface area contributed by atoms with Gasteiger partial charge in [0.2, 0.25) is 0 Å².